The molecule has 11 heteroatoms. The molecule has 5 N–H and O–H groups in total. The van der Waals surface area contributed by atoms with Gasteiger partial charge in [0.2, 0.25) is 15.9 Å². The molecule has 0 radical (unpaired) electrons. The summed E-state index contributed by atoms with van der Waals surface area (Å²) in [6, 6.07) is 12.4. The first-order chi connectivity index (χ1) is 17.3. The second-order valence-corrected chi connectivity index (χ2v) is 11.2. The lowest BCUT2D eigenvalue weighted by Gasteiger charge is -2.25. The standard InChI is InChI=1S/C26H36N4O6S/c1-18-9-5-6-10-22(18)37(33,34)30-21(24(32)36-26(2,3)4)17-19-12-14-20(15-13-19)35-16-8-7-11-23(31)29-25(27)28/h5-6,9-10,12-15,21,30H,7-8,11,16-17H2,1-4H3,(H4,27,28,29,31)/t21-/m0/s1. The number of nitrogens with two attached hydrogens (primary N) is 2. The quantitative estimate of drug-likeness (QED) is 0.162. The second kappa shape index (κ2) is 13.2. The zero-order valence-corrected chi connectivity index (χ0v) is 22.5. The van der Waals surface area contributed by atoms with Crippen LogP contribution in [0.3, 0.4) is 0 Å². The third-order valence-electron chi connectivity index (χ3n) is 5.04. The van der Waals surface area contributed by atoms with E-state index in [1.54, 1.807) is 70.2 Å². The summed E-state index contributed by atoms with van der Waals surface area (Å²) in [4.78, 5) is 27.9. The van der Waals surface area contributed by atoms with Crippen LogP contribution in [0.5, 0.6) is 5.75 Å². The fourth-order valence-electron chi connectivity index (χ4n) is 3.38. The van der Waals surface area contributed by atoms with Crippen molar-refractivity contribution < 1.29 is 27.5 Å². The number of amides is 1. The van der Waals surface area contributed by atoms with Crippen molar-refractivity contribution in [1.29, 1.82) is 0 Å². The molecule has 0 aliphatic rings. The van der Waals surface area contributed by atoms with Crippen molar-refractivity contribution in [2.45, 2.75) is 69.9 Å². The van der Waals surface area contributed by atoms with Crippen molar-refractivity contribution in [3.05, 3.63) is 59.7 Å². The molecule has 2 aromatic carbocycles. The lowest BCUT2D eigenvalue weighted by Crippen LogP contribution is -2.45. The van der Waals surface area contributed by atoms with Gasteiger partial charge in [-0.3, -0.25) is 9.59 Å². The molecule has 0 saturated heterocycles. The van der Waals surface area contributed by atoms with Gasteiger partial charge in [-0.15, -0.1) is 0 Å². The molecule has 10 nitrogen and oxygen atoms in total. The number of nitrogens with zero attached hydrogens (tertiary/aromatic N) is 1. The number of ether oxygens (including phenoxy) is 2. The van der Waals surface area contributed by atoms with Crippen LogP contribution in [0.1, 0.15) is 51.2 Å². The molecule has 2 aromatic rings. The summed E-state index contributed by atoms with van der Waals surface area (Å²) in [5.74, 6) is -0.686. The van der Waals surface area contributed by atoms with E-state index >= 15 is 0 Å². The molecule has 0 spiro atoms. The topological polar surface area (TPSA) is 163 Å². The van der Waals surface area contributed by atoms with Gasteiger partial charge in [0.05, 0.1) is 11.5 Å². The molecule has 37 heavy (non-hydrogen) atoms. The van der Waals surface area contributed by atoms with Gasteiger partial charge in [0.15, 0.2) is 5.96 Å². The van der Waals surface area contributed by atoms with E-state index in [0.29, 0.717) is 30.8 Å². The maximum absolute atomic E-state index is 13.1. The first kappa shape index (κ1) is 29.8. The van der Waals surface area contributed by atoms with Crippen molar-refractivity contribution in [2.24, 2.45) is 16.5 Å². The maximum Gasteiger partial charge on any atom is 0.325 e. The molecule has 0 fully saturated rings. The van der Waals surface area contributed by atoms with Crippen LogP contribution in [-0.4, -0.2) is 44.5 Å². The Bertz CT molecular complexity index is 1200. The van der Waals surface area contributed by atoms with Crippen LogP contribution in [0.4, 0.5) is 0 Å². The van der Waals surface area contributed by atoms with E-state index in [-0.39, 0.29) is 29.6 Å². The van der Waals surface area contributed by atoms with Gasteiger partial charge in [0.1, 0.15) is 17.4 Å². The summed E-state index contributed by atoms with van der Waals surface area (Å²) in [6.45, 7) is 7.25. The van der Waals surface area contributed by atoms with Gasteiger partial charge in [0, 0.05) is 6.42 Å². The van der Waals surface area contributed by atoms with Crippen LogP contribution in [0, 0.1) is 6.92 Å². The number of rotatable bonds is 12. The maximum atomic E-state index is 13.1. The minimum atomic E-state index is -3.97. The Labute approximate surface area is 218 Å². The molecule has 0 saturated carbocycles. The molecule has 0 aromatic heterocycles. The molecule has 0 bridgehead atoms. The summed E-state index contributed by atoms with van der Waals surface area (Å²) < 4.78 is 39.8. The third kappa shape index (κ3) is 10.6. The zero-order valence-electron chi connectivity index (χ0n) is 21.7. The molecular weight excluding hydrogens is 496 g/mol. The van der Waals surface area contributed by atoms with Crippen LogP contribution in [-0.2, 0) is 30.8 Å². The molecule has 2 rings (SSSR count). The number of aryl methyl sites for hydroxylation is 1. The lowest BCUT2D eigenvalue weighted by atomic mass is 10.1. The summed E-state index contributed by atoms with van der Waals surface area (Å²) in [5.41, 5.74) is 10.8. The highest BCUT2D eigenvalue weighted by Crippen LogP contribution is 2.19. The minimum Gasteiger partial charge on any atom is -0.494 e. The number of aliphatic imine (C=N–C) groups is 1. The number of guanidine groups is 1. The Hall–Kier alpha value is -3.44. The van der Waals surface area contributed by atoms with Gasteiger partial charge in [-0.2, -0.15) is 9.71 Å². The Balaban J connectivity index is 2.04. The van der Waals surface area contributed by atoms with E-state index in [1.807, 2.05) is 0 Å². The van der Waals surface area contributed by atoms with Crippen molar-refractivity contribution in [3.63, 3.8) is 0 Å². The predicted molar refractivity (Wildman–Crippen MR) is 141 cm³/mol. The van der Waals surface area contributed by atoms with E-state index in [2.05, 4.69) is 9.71 Å². The van der Waals surface area contributed by atoms with Crippen molar-refractivity contribution in [1.82, 2.24) is 4.72 Å². The van der Waals surface area contributed by atoms with Crippen molar-refractivity contribution in [3.8, 4) is 5.75 Å². The number of benzene rings is 2. The van der Waals surface area contributed by atoms with E-state index in [4.69, 9.17) is 20.9 Å². The van der Waals surface area contributed by atoms with E-state index in [9.17, 15) is 18.0 Å². The second-order valence-electron chi connectivity index (χ2n) is 9.56. The van der Waals surface area contributed by atoms with Crippen LogP contribution >= 0.6 is 0 Å². The van der Waals surface area contributed by atoms with Crippen molar-refractivity contribution in [2.75, 3.05) is 6.61 Å². The van der Waals surface area contributed by atoms with Gasteiger partial charge in [0.25, 0.3) is 0 Å². The normalized spacial score (nSPS) is 12.4. The highest BCUT2D eigenvalue weighted by molar-refractivity contribution is 7.89. The number of carbonyl (C=O) groups excluding carboxylic acids is 2. The third-order valence-corrected chi connectivity index (χ3v) is 6.67. The van der Waals surface area contributed by atoms with Gasteiger partial charge >= 0.3 is 5.97 Å². The minimum absolute atomic E-state index is 0.0905. The number of carbonyl (C=O) groups is 2. The number of unbranched alkanes of at least 4 members (excludes halogenated alkanes) is 1. The summed E-state index contributed by atoms with van der Waals surface area (Å²) in [6.07, 6.45) is 1.53. The first-order valence-electron chi connectivity index (χ1n) is 11.9. The number of hydrogen-bond donors (Lipinski definition) is 3. The summed E-state index contributed by atoms with van der Waals surface area (Å²) >= 11 is 0. The van der Waals surface area contributed by atoms with Gasteiger partial charge in [-0.1, -0.05) is 30.3 Å². The molecule has 1 amide bonds. The SMILES string of the molecule is Cc1ccccc1S(=O)(=O)N[C@@H](Cc1ccc(OCCCCC(=O)N=C(N)N)cc1)C(=O)OC(C)(C)C. The van der Waals surface area contributed by atoms with E-state index in [0.717, 1.165) is 5.56 Å². The Kier molecular flexibility index (Phi) is 10.6. The molecule has 0 aliphatic heterocycles. The fourth-order valence-corrected chi connectivity index (χ4v) is 4.81. The van der Waals surface area contributed by atoms with Gasteiger partial charge in [-0.25, -0.2) is 8.42 Å². The lowest BCUT2D eigenvalue weighted by molar-refractivity contribution is -0.156. The molecule has 1 atom stereocenters. The van der Waals surface area contributed by atoms with Crippen LogP contribution in [0.15, 0.2) is 58.4 Å². The van der Waals surface area contributed by atoms with Gasteiger partial charge in [-0.05, 0) is 76.3 Å². The fraction of sp³-hybridized carbons (Fsp3) is 0.423. The Morgan fingerprint density at radius 3 is 2.27 bits per heavy atom. The number of hydrogen-bond acceptors (Lipinski definition) is 6. The molecular formula is C26H36N4O6S. The smallest absolute Gasteiger partial charge is 0.325 e. The number of esters is 1. The van der Waals surface area contributed by atoms with E-state index < -0.39 is 27.6 Å². The van der Waals surface area contributed by atoms with Gasteiger partial charge < -0.3 is 20.9 Å². The highest BCUT2D eigenvalue weighted by atomic mass is 32.2. The highest BCUT2D eigenvalue weighted by Gasteiger charge is 2.30. The monoisotopic (exact) mass is 532 g/mol. The van der Waals surface area contributed by atoms with Crippen LogP contribution in [0.2, 0.25) is 0 Å². The summed E-state index contributed by atoms with van der Waals surface area (Å²) in [7, 11) is -3.97. The average Bonchev–Trinajstić information content (AvgIpc) is 2.78. The zero-order chi connectivity index (χ0) is 27.6. The number of nitrogens with one attached hydrogen (secondary N) is 1. The largest absolute Gasteiger partial charge is 0.494 e. The first-order valence-corrected chi connectivity index (χ1v) is 13.4. The van der Waals surface area contributed by atoms with Crippen molar-refractivity contribution >= 4 is 27.9 Å². The average molecular weight is 533 g/mol. The molecule has 0 unspecified atom stereocenters. The molecule has 0 aliphatic carbocycles. The molecule has 202 valence electrons. The Morgan fingerprint density at radius 2 is 1.68 bits per heavy atom. The predicted octanol–water partition coefficient (Wildman–Crippen LogP) is 2.58. The van der Waals surface area contributed by atoms with Crippen LogP contribution < -0.4 is 20.9 Å². The molecule has 0 heterocycles. The summed E-state index contributed by atoms with van der Waals surface area (Å²) in [5, 5.41) is 0. The van der Waals surface area contributed by atoms with E-state index in [1.165, 1.54) is 6.07 Å². The number of sulfonamides is 1. The Morgan fingerprint density at radius 1 is 1.03 bits per heavy atom. The van der Waals surface area contributed by atoms with Crippen LogP contribution in [0.25, 0.3) is 0 Å².